The van der Waals surface area contributed by atoms with E-state index in [1.807, 2.05) is 18.2 Å². The molecule has 2 heterocycles. The number of ketones is 1. The third-order valence-corrected chi connectivity index (χ3v) is 2.31. The van der Waals surface area contributed by atoms with Crippen molar-refractivity contribution in [1.82, 2.24) is 9.61 Å². The first kappa shape index (κ1) is 9.86. The van der Waals surface area contributed by atoms with Gasteiger partial charge in [0.25, 0.3) is 0 Å². The largest absolute Gasteiger partial charge is 0.387 e. The number of aliphatic hydroxyl groups excluding tert-OH is 1. The lowest BCUT2D eigenvalue weighted by Gasteiger charge is -2.00. The van der Waals surface area contributed by atoms with Crippen molar-refractivity contribution in [2.45, 2.75) is 20.0 Å². The van der Waals surface area contributed by atoms with Gasteiger partial charge < -0.3 is 5.11 Å². The molecule has 2 rings (SSSR count). The third-order valence-electron chi connectivity index (χ3n) is 2.31. The summed E-state index contributed by atoms with van der Waals surface area (Å²) < 4.78 is 1.61. The number of aromatic nitrogens is 2. The molecular formula is C11H12N2O2. The minimum absolute atomic E-state index is 0.0768. The molecule has 1 N–H and O–H groups in total. The Labute approximate surface area is 87.2 Å². The summed E-state index contributed by atoms with van der Waals surface area (Å²) in [6.45, 7) is 3.09. The summed E-state index contributed by atoms with van der Waals surface area (Å²) in [4.78, 5) is 11.5. The van der Waals surface area contributed by atoms with Crippen molar-refractivity contribution in [1.29, 1.82) is 0 Å². The standard InChI is InChI=1S/C11H12N2O2/c1-7(14)10-9-5-3-4-6-13(9)12-11(10)8(2)15/h3-6,8,15H,1-2H3. The second-order valence-corrected chi connectivity index (χ2v) is 3.52. The lowest BCUT2D eigenvalue weighted by molar-refractivity contribution is 0.101. The van der Waals surface area contributed by atoms with E-state index in [0.717, 1.165) is 5.52 Å². The highest BCUT2D eigenvalue weighted by Gasteiger charge is 2.19. The monoisotopic (exact) mass is 204 g/mol. The van der Waals surface area contributed by atoms with Crippen LogP contribution in [0.3, 0.4) is 0 Å². The Morgan fingerprint density at radius 2 is 2.27 bits per heavy atom. The highest BCUT2D eigenvalue weighted by atomic mass is 16.3. The zero-order valence-corrected chi connectivity index (χ0v) is 8.64. The molecule has 0 saturated carbocycles. The van der Waals surface area contributed by atoms with Gasteiger partial charge in [0.05, 0.1) is 17.2 Å². The van der Waals surface area contributed by atoms with Gasteiger partial charge in [0.1, 0.15) is 5.69 Å². The van der Waals surface area contributed by atoms with Crippen LogP contribution in [0.1, 0.15) is 36.0 Å². The van der Waals surface area contributed by atoms with Gasteiger partial charge in [-0.1, -0.05) is 6.07 Å². The van der Waals surface area contributed by atoms with Gasteiger partial charge in [-0.2, -0.15) is 5.10 Å². The van der Waals surface area contributed by atoms with Crippen LogP contribution >= 0.6 is 0 Å². The third kappa shape index (κ3) is 1.53. The summed E-state index contributed by atoms with van der Waals surface area (Å²) in [5, 5.41) is 13.7. The zero-order chi connectivity index (χ0) is 11.0. The van der Waals surface area contributed by atoms with Crippen LogP contribution in [0.25, 0.3) is 5.52 Å². The first-order chi connectivity index (χ1) is 7.11. The van der Waals surface area contributed by atoms with Gasteiger partial charge in [-0.25, -0.2) is 4.52 Å². The molecule has 0 amide bonds. The van der Waals surface area contributed by atoms with E-state index in [1.165, 1.54) is 6.92 Å². The second kappa shape index (κ2) is 3.47. The number of Topliss-reactive ketones (excluding diaryl/α,β-unsaturated/α-hetero) is 1. The predicted molar refractivity (Wildman–Crippen MR) is 55.8 cm³/mol. The number of pyridine rings is 1. The fourth-order valence-electron chi connectivity index (χ4n) is 1.67. The van der Waals surface area contributed by atoms with E-state index in [-0.39, 0.29) is 5.78 Å². The van der Waals surface area contributed by atoms with Gasteiger partial charge in [0.15, 0.2) is 5.78 Å². The van der Waals surface area contributed by atoms with Crippen LogP contribution in [-0.2, 0) is 0 Å². The van der Waals surface area contributed by atoms with Crippen molar-refractivity contribution < 1.29 is 9.90 Å². The van der Waals surface area contributed by atoms with Crippen molar-refractivity contribution in [3.8, 4) is 0 Å². The minimum atomic E-state index is -0.733. The minimum Gasteiger partial charge on any atom is -0.387 e. The van der Waals surface area contributed by atoms with Gasteiger partial charge in [-0.05, 0) is 26.0 Å². The van der Waals surface area contributed by atoms with Gasteiger partial charge in [-0.3, -0.25) is 4.79 Å². The lowest BCUT2D eigenvalue weighted by Crippen LogP contribution is -2.00. The Balaban J connectivity index is 2.80. The highest BCUT2D eigenvalue weighted by molar-refractivity contribution is 6.02. The maximum atomic E-state index is 11.5. The number of nitrogens with zero attached hydrogens (tertiary/aromatic N) is 2. The summed E-state index contributed by atoms with van der Waals surface area (Å²) in [5.41, 5.74) is 1.68. The molecule has 78 valence electrons. The maximum Gasteiger partial charge on any atom is 0.163 e. The van der Waals surface area contributed by atoms with Gasteiger partial charge in [-0.15, -0.1) is 0 Å². The average Bonchev–Trinajstić information content (AvgIpc) is 2.56. The summed E-state index contributed by atoms with van der Waals surface area (Å²) in [6.07, 6.45) is 1.02. The average molecular weight is 204 g/mol. The molecule has 0 aliphatic rings. The molecule has 0 aliphatic carbocycles. The quantitative estimate of drug-likeness (QED) is 0.756. The first-order valence-corrected chi connectivity index (χ1v) is 4.77. The molecule has 0 bridgehead atoms. The SMILES string of the molecule is CC(=O)c1c(C(C)O)nn2ccccc12. The van der Waals surface area contributed by atoms with Crippen molar-refractivity contribution in [3.05, 3.63) is 35.7 Å². The van der Waals surface area contributed by atoms with E-state index < -0.39 is 6.10 Å². The number of carbonyl (C=O) groups excluding carboxylic acids is 1. The van der Waals surface area contributed by atoms with Crippen LogP contribution in [0, 0.1) is 0 Å². The fourth-order valence-corrected chi connectivity index (χ4v) is 1.67. The molecule has 0 aromatic carbocycles. The first-order valence-electron chi connectivity index (χ1n) is 4.77. The molecule has 0 aliphatic heterocycles. The molecule has 1 unspecified atom stereocenters. The molecule has 0 saturated heterocycles. The zero-order valence-electron chi connectivity index (χ0n) is 8.64. The van der Waals surface area contributed by atoms with Crippen LogP contribution in [0.15, 0.2) is 24.4 Å². The van der Waals surface area contributed by atoms with E-state index in [0.29, 0.717) is 11.3 Å². The molecule has 2 aromatic heterocycles. The molecule has 1 atom stereocenters. The fraction of sp³-hybridized carbons (Fsp3) is 0.273. The van der Waals surface area contributed by atoms with Crippen LogP contribution < -0.4 is 0 Å². The number of rotatable bonds is 2. The Bertz CT molecular complexity index is 514. The van der Waals surface area contributed by atoms with E-state index in [2.05, 4.69) is 5.10 Å². The van der Waals surface area contributed by atoms with E-state index in [9.17, 15) is 9.90 Å². The van der Waals surface area contributed by atoms with Gasteiger partial charge in [0.2, 0.25) is 0 Å². The van der Waals surface area contributed by atoms with E-state index >= 15 is 0 Å². The summed E-state index contributed by atoms with van der Waals surface area (Å²) in [7, 11) is 0. The Morgan fingerprint density at radius 3 is 2.87 bits per heavy atom. The normalized spacial score (nSPS) is 13.0. The number of hydrogen-bond acceptors (Lipinski definition) is 3. The maximum absolute atomic E-state index is 11.5. The topological polar surface area (TPSA) is 54.6 Å². The van der Waals surface area contributed by atoms with Crippen molar-refractivity contribution in [3.63, 3.8) is 0 Å². The van der Waals surface area contributed by atoms with Crippen LogP contribution in [0.5, 0.6) is 0 Å². The van der Waals surface area contributed by atoms with Crippen LogP contribution in [-0.4, -0.2) is 20.5 Å². The lowest BCUT2D eigenvalue weighted by atomic mass is 10.1. The van der Waals surface area contributed by atoms with Crippen LogP contribution in [0.4, 0.5) is 0 Å². The number of carbonyl (C=O) groups is 1. The molecule has 15 heavy (non-hydrogen) atoms. The number of hydrogen-bond donors (Lipinski definition) is 1. The predicted octanol–water partition coefficient (Wildman–Crippen LogP) is 1.59. The Kier molecular flexibility index (Phi) is 2.28. The molecule has 0 spiro atoms. The van der Waals surface area contributed by atoms with Crippen LogP contribution in [0.2, 0.25) is 0 Å². The molecule has 4 nitrogen and oxygen atoms in total. The smallest absolute Gasteiger partial charge is 0.163 e. The summed E-state index contributed by atoms with van der Waals surface area (Å²) in [5.74, 6) is -0.0768. The van der Waals surface area contributed by atoms with Gasteiger partial charge >= 0.3 is 0 Å². The summed E-state index contributed by atoms with van der Waals surface area (Å²) in [6, 6.07) is 5.49. The Morgan fingerprint density at radius 1 is 1.53 bits per heavy atom. The molecule has 0 fully saturated rings. The van der Waals surface area contributed by atoms with E-state index in [1.54, 1.807) is 17.6 Å². The molecular weight excluding hydrogens is 192 g/mol. The number of fused-ring (bicyclic) bond motifs is 1. The van der Waals surface area contributed by atoms with E-state index in [4.69, 9.17) is 0 Å². The van der Waals surface area contributed by atoms with Gasteiger partial charge in [0, 0.05) is 6.20 Å². The highest BCUT2D eigenvalue weighted by Crippen LogP contribution is 2.21. The Hall–Kier alpha value is -1.68. The van der Waals surface area contributed by atoms with Crippen molar-refractivity contribution in [2.24, 2.45) is 0 Å². The molecule has 2 aromatic rings. The molecule has 0 radical (unpaired) electrons. The molecule has 4 heteroatoms. The summed E-state index contributed by atoms with van der Waals surface area (Å²) >= 11 is 0. The van der Waals surface area contributed by atoms with Crippen molar-refractivity contribution >= 4 is 11.3 Å². The van der Waals surface area contributed by atoms with Crippen molar-refractivity contribution in [2.75, 3.05) is 0 Å². The number of aliphatic hydroxyl groups is 1. The second-order valence-electron chi connectivity index (χ2n) is 3.52.